The van der Waals surface area contributed by atoms with E-state index in [4.69, 9.17) is 13.9 Å². The molecule has 0 aliphatic heterocycles. The molecule has 0 radical (unpaired) electrons. The Hall–Kier alpha value is -3.65. The molecular formula is C23H21N3O4S. The molecule has 0 atom stereocenters. The van der Waals surface area contributed by atoms with Gasteiger partial charge < -0.3 is 19.2 Å². The van der Waals surface area contributed by atoms with Crippen LogP contribution in [-0.4, -0.2) is 22.4 Å². The minimum atomic E-state index is -0.0728. The SMILES string of the molecule is COc1cccc(Cc2nsc(Oc3ccc(CC(=O)NCc4ccco4)cc3)n2)c1. The van der Waals surface area contributed by atoms with Gasteiger partial charge in [0.05, 0.1) is 26.3 Å². The van der Waals surface area contributed by atoms with E-state index in [-0.39, 0.29) is 12.3 Å². The molecule has 158 valence electrons. The molecule has 8 heteroatoms. The summed E-state index contributed by atoms with van der Waals surface area (Å²) in [5.41, 5.74) is 1.96. The van der Waals surface area contributed by atoms with Crippen LogP contribution in [0.4, 0.5) is 0 Å². The summed E-state index contributed by atoms with van der Waals surface area (Å²) in [6, 6.07) is 18.8. The van der Waals surface area contributed by atoms with Crippen LogP contribution in [0.1, 0.15) is 22.7 Å². The molecule has 2 aromatic carbocycles. The van der Waals surface area contributed by atoms with Gasteiger partial charge in [-0.05, 0) is 47.5 Å². The van der Waals surface area contributed by atoms with Crippen molar-refractivity contribution in [3.05, 3.63) is 89.6 Å². The zero-order valence-corrected chi connectivity index (χ0v) is 17.7. The van der Waals surface area contributed by atoms with E-state index in [1.807, 2.05) is 54.6 Å². The highest BCUT2D eigenvalue weighted by atomic mass is 32.1. The number of nitrogens with one attached hydrogen (secondary N) is 1. The Kier molecular flexibility index (Phi) is 6.59. The molecule has 0 saturated heterocycles. The number of nitrogens with zero attached hydrogens (tertiary/aromatic N) is 2. The van der Waals surface area contributed by atoms with Crippen LogP contribution in [0.3, 0.4) is 0 Å². The van der Waals surface area contributed by atoms with Crippen LogP contribution in [0, 0.1) is 0 Å². The maximum Gasteiger partial charge on any atom is 0.298 e. The van der Waals surface area contributed by atoms with Crippen LogP contribution in [0.25, 0.3) is 0 Å². The quantitative estimate of drug-likeness (QED) is 0.420. The fraction of sp³-hybridized carbons (Fsp3) is 0.174. The summed E-state index contributed by atoms with van der Waals surface area (Å²) in [5, 5.41) is 3.30. The summed E-state index contributed by atoms with van der Waals surface area (Å²) < 4.78 is 20.6. The van der Waals surface area contributed by atoms with E-state index in [0.29, 0.717) is 29.7 Å². The first-order valence-corrected chi connectivity index (χ1v) is 10.5. The molecular weight excluding hydrogens is 414 g/mol. The van der Waals surface area contributed by atoms with Crippen molar-refractivity contribution in [3.8, 4) is 16.7 Å². The lowest BCUT2D eigenvalue weighted by Crippen LogP contribution is -2.24. The van der Waals surface area contributed by atoms with Gasteiger partial charge in [0, 0.05) is 18.0 Å². The van der Waals surface area contributed by atoms with Crippen molar-refractivity contribution in [3.63, 3.8) is 0 Å². The maximum atomic E-state index is 12.1. The van der Waals surface area contributed by atoms with Gasteiger partial charge in [-0.2, -0.15) is 9.36 Å². The van der Waals surface area contributed by atoms with Crippen molar-refractivity contribution < 1.29 is 18.7 Å². The maximum absolute atomic E-state index is 12.1. The van der Waals surface area contributed by atoms with Gasteiger partial charge >= 0.3 is 0 Å². The highest BCUT2D eigenvalue weighted by Crippen LogP contribution is 2.25. The third-order valence-corrected chi connectivity index (χ3v) is 5.11. The smallest absolute Gasteiger partial charge is 0.298 e. The number of methoxy groups -OCH3 is 1. The number of amides is 1. The van der Waals surface area contributed by atoms with Gasteiger partial charge in [0.25, 0.3) is 5.19 Å². The first-order chi connectivity index (χ1) is 15.2. The summed E-state index contributed by atoms with van der Waals surface area (Å²) in [6.07, 6.45) is 2.47. The second-order valence-corrected chi connectivity index (χ2v) is 7.50. The molecule has 2 aromatic heterocycles. The van der Waals surface area contributed by atoms with E-state index >= 15 is 0 Å². The lowest BCUT2D eigenvalue weighted by Gasteiger charge is -2.05. The lowest BCUT2D eigenvalue weighted by atomic mass is 10.1. The minimum absolute atomic E-state index is 0.0728. The Labute approximate surface area is 183 Å². The minimum Gasteiger partial charge on any atom is -0.497 e. The second-order valence-electron chi connectivity index (χ2n) is 6.78. The molecule has 0 saturated carbocycles. The average Bonchev–Trinajstić information content (AvgIpc) is 3.46. The number of ether oxygens (including phenoxy) is 2. The highest BCUT2D eigenvalue weighted by Gasteiger charge is 2.09. The van der Waals surface area contributed by atoms with E-state index in [1.54, 1.807) is 19.4 Å². The number of furan rings is 1. The molecule has 0 fully saturated rings. The summed E-state index contributed by atoms with van der Waals surface area (Å²) in [5.74, 6) is 2.79. The van der Waals surface area contributed by atoms with Gasteiger partial charge in [0.15, 0.2) is 5.82 Å². The van der Waals surface area contributed by atoms with Gasteiger partial charge in [-0.1, -0.05) is 24.3 Å². The molecule has 2 heterocycles. The Morgan fingerprint density at radius 1 is 1.06 bits per heavy atom. The van der Waals surface area contributed by atoms with Gasteiger partial charge in [-0.3, -0.25) is 4.79 Å². The average molecular weight is 436 g/mol. The van der Waals surface area contributed by atoms with Crippen molar-refractivity contribution in [1.82, 2.24) is 14.7 Å². The monoisotopic (exact) mass is 435 g/mol. The molecule has 0 aliphatic rings. The molecule has 1 amide bonds. The molecule has 0 spiro atoms. The van der Waals surface area contributed by atoms with Crippen LogP contribution in [0.2, 0.25) is 0 Å². The Morgan fingerprint density at radius 3 is 2.71 bits per heavy atom. The number of benzene rings is 2. The standard InChI is InChI=1S/C23H21N3O4S/c1-28-19-5-2-4-17(12-19)13-21-25-23(31-26-21)30-18-9-7-16(8-10-18)14-22(27)24-15-20-6-3-11-29-20/h2-12H,13-15H2,1H3,(H,24,27). The highest BCUT2D eigenvalue weighted by molar-refractivity contribution is 7.07. The largest absolute Gasteiger partial charge is 0.497 e. The van der Waals surface area contributed by atoms with E-state index in [1.165, 1.54) is 11.5 Å². The molecule has 31 heavy (non-hydrogen) atoms. The topological polar surface area (TPSA) is 86.5 Å². The zero-order chi connectivity index (χ0) is 21.5. The number of hydrogen-bond acceptors (Lipinski definition) is 7. The fourth-order valence-corrected chi connectivity index (χ4v) is 3.51. The molecule has 1 N–H and O–H groups in total. The summed E-state index contributed by atoms with van der Waals surface area (Å²) in [6.45, 7) is 0.377. The Bertz CT molecular complexity index is 1120. The van der Waals surface area contributed by atoms with Crippen molar-refractivity contribution >= 4 is 17.4 Å². The normalized spacial score (nSPS) is 10.6. The van der Waals surface area contributed by atoms with E-state index in [0.717, 1.165) is 22.6 Å². The van der Waals surface area contributed by atoms with Crippen molar-refractivity contribution in [1.29, 1.82) is 0 Å². The molecule has 0 aliphatic carbocycles. The summed E-state index contributed by atoms with van der Waals surface area (Å²) in [4.78, 5) is 16.5. The summed E-state index contributed by atoms with van der Waals surface area (Å²) in [7, 11) is 1.64. The van der Waals surface area contributed by atoms with Crippen molar-refractivity contribution in [2.75, 3.05) is 7.11 Å². The van der Waals surface area contributed by atoms with E-state index < -0.39 is 0 Å². The second kappa shape index (κ2) is 9.90. The van der Waals surface area contributed by atoms with Crippen LogP contribution < -0.4 is 14.8 Å². The number of carbonyl (C=O) groups is 1. The van der Waals surface area contributed by atoms with Gasteiger partial charge in [-0.15, -0.1) is 0 Å². The van der Waals surface area contributed by atoms with Crippen LogP contribution in [0.15, 0.2) is 71.3 Å². The van der Waals surface area contributed by atoms with Crippen molar-refractivity contribution in [2.45, 2.75) is 19.4 Å². The van der Waals surface area contributed by atoms with E-state index in [9.17, 15) is 4.79 Å². The fourth-order valence-electron chi connectivity index (χ4n) is 2.94. The molecule has 4 aromatic rings. The van der Waals surface area contributed by atoms with Crippen LogP contribution in [0.5, 0.6) is 16.7 Å². The Morgan fingerprint density at radius 2 is 1.94 bits per heavy atom. The van der Waals surface area contributed by atoms with Gasteiger partial charge in [0.2, 0.25) is 5.91 Å². The first-order valence-electron chi connectivity index (χ1n) is 9.69. The number of rotatable bonds is 9. The van der Waals surface area contributed by atoms with Crippen molar-refractivity contribution in [2.24, 2.45) is 0 Å². The lowest BCUT2D eigenvalue weighted by molar-refractivity contribution is -0.120. The Balaban J connectivity index is 1.29. The molecule has 7 nitrogen and oxygen atoms in total. The zero-order valence-electron chi connectivity index (χ0n) is 16.9. The van der Waals surface area contributed by atoms with Gasteiger partial charge in [-0.25, -0.2) is 0 Å². The predicted octanol–water partition coefficient (Wildman–Crippen LogP) is 4.38. The number of hydrogen-bond donors (Lipinski definition) is 1. The third-order valence-electron chi connectivity index (χ3n) is 4.48. The third kappa shape index (κ3) is 5.93. The molecule has 0 bridgehead atoms. The van der Waals surface area contributed by atoms with Gasteiger partial charge in [0.1, 0.15) is 17.3 Å². The van der Waals surface area contributed by atoms with Crippen LogP contribution in [-0.2, 0) is 24.2 Å². The first kappa shape index (κ1) is 20.6. The molecule has 4 rings (SSSR count). The predicted molar refractivity (Wildman–Crippen MR) is 116 cm³/mol. The summed E-state index contributed by atoms with van der Waals surface area (Å²) >= 11 is 1.21. The number of aromatic nitrogens is 2. The van der Waals surface area contributed by atoms with Crippen LogP contribution >= 0.6 is 11.5 Å². The molecule has 0 unspecified atom stereocenters. The van der Waals surface area contributed by atoms with E-state index in [2.05, 4.69) is 14.7 Å². The number of carbonyl (C=O) groups excluding carboxylic acids is 1.